The third-order valence-corrected chi connectivity index (χ3v) is 4.05. The van der Waals surface area contributed by atoms with Gasteiger partial charge in [-0.05, 0) is 31.5 Å². The van der Waals surface area contributed by atoms with Crippen LogP contribution in [0.3, 0.4) is 0 Å². The standard InChI is InChI=1S/C18H27N5O.HI/c1-3-20-18(21-13-15(2)23-7-9-24-10-8-23)22-14-17-6-4-5-16(11-17)12-19;/h4-6,11,15H,3,7-10,13-14H2,1-2H3,(H2,20,21,22);1H. The van der Waals surface area contributed by atoms with Gasteiger partial charge in [-0.15, -0.1) is 24.0 Å². The predicted octanol–water partition coefficient (Wildman–Crippen LogP) is 1.95. The van der Waals surface area contributed by atoms with Gasteiger partial charge in [-0.2, -0.15) is 5.26 Å². The Bertz CT molecular complexity index is 581. The van der Waals surface area contributed by atoms with Crippen molar-refractivity contribution in [3.05, 3.63) is 35.4 Å². The molecule has 0 bridgehead atoms. The lowest BCUT2D eigenvalue weighted by molar-refractivity contribution is 0.0211. The van der Waals surface area contributed by atoms with E-state index in [0.717, 1.165) is 50.9 Å². The van der Waals surface area contributed by atoms with Gasteiger partial charge >= 0.3 is 0 Å². The Kier molecular flexibility index (Phi) is 10.5. The topological polar surface area (TPSA) is 72.7 Å². The summed E-state index contributed by atoms with van der Waals surface area (Å²) in [6, 6.07) is 10.2. The van der Waals surface area contributed by atoms with Crippen LogP contribution in [0, 0.1) is 11.3 Å². The van der Waals surface area contributed by atoms with Gasteiger partial charge in [-0.25, -0.2) is 4.99 Å². The first-order valence-electron chi connectivity index (χ1n) is 8.56. The zero-order valence-electron chi connectivity index (χ0n) is 15.0. The summed E-state index contributed by atoms with van der Waals surface area (Å²) in [5, 5.41) is 15.6. The van der Waals surface area contributed by atoms with E-state index in [0.29, 0.717) is 18.2 Å². The number of morpholine rings is 1. The maximum atomic E-state index is 8.97. The van der Waals surface area contributed by atoms with Gasteiger partial charge in [0.15, 0.2) is 5.96 Å². The molecule has 0 amide bonds. The molecule has 1 aromatic rings. The van der Waals surface area contributed by atoms with Crippen LogP contribution in [0.1, 0.15) is 25.0 Å². The van der Waals surface area contributed by atoms with Crippen molar-refractivity contribution >= 4 is 29.9 Å². The Labute approximate surface area is 167 Å². The van der Waals surface area contributed by atoms with Crippen LogP contribution < -0.4 is 10.6 Å². The van der Waals surface area contributed by atoms with Crippen LogP contribution in [0.5, 0.6) is 0 Å². The number of aliphatic imine (C=N–C) groups is 1. The van der Waals surface area contributed by atoms with Crippen molar-refractivity contribution in [1.29, 1.82) is 5.26 Å². The highest BCUT2D eigenvalue weighted by Gasteiger charge is 2.16. The van der Waals surface area contributed by atoms with Crippen LogP contribution in [0.4, 0.5) is 0 Å². The summed E-state index contributed by atoms with van der Waals surface area (Å²) in [5.74, 6) is 0.806. The number of hydrogen-bond acceptors (Lipinski definition) is 4. The lowest BCUT2D eigenvalue weighted by atomic mass is 10.1. The maximum absolute atomic E-state index is 8.97. The molecule has 1 saturated heterocycles. The summed E-state index contributed by atoms with van der Waals surface area (Å²) in [6.45, 7) is 10.1. The average Bonchev–Trinajstić information content (AvgIpc) is 2.64. The predicted molar refractivity (Wildman–Crippen MR) is 111 cm³/mol. The largest absolute Gasteiger partial charge is 0.379 e. The second-order valence-electron chi connectivity index (χ2n) is 5.89. The molecule has 0 aromatic heterocycles. The Hall–Kier alpha value is -1.37. The van der Waals surface area contributed by atoms with Crippen molar-refractivity contribution in [3.8, 4) is 6.07 Å². The van der Waals surface area contributed by atoms with Crippen LogP contribution in [0.15, 0.2) is 29.3 Å². The SMILES string of the molecule is CCNC(=NCc1cccc(C#N)c1)NCC(C)N1CCOCC1.I. The number of rotatable bonds is 6. The van der Waals surface area contributed by atoms with E-state index < -0.39 is 0 Å². The minimum absolute atomic E-state index is 0. The van der Waals surface area contributed by atoms with Crippen molar-refractivity contribution in [3.63, 3.8) is 0 Å². The lowest BCUT2D eigenvalue weighted by Crippen LogP contribution is -2.49. The highest BCUT2D eigenvalue weighted by atomic mass is 127. The molecule has 138 valence electrons. The molecule has 1 fully saturated rings. The van der Waals surface area contributed by atoms with E-state index in [1.54, 1.807) is 6.07 Å². The Morgan fingerprint density at radius 2 is 2.12 bits per heavy atom. The van der Waals surface area contributed by atoms with Crippen LogP contribution in [0.2, 0.25) is 0 Å². The van der Waals surface area contributed by atoms with Gasteiger partial charge < -0.3 is 15.4 Å². The van der Waals surface area contributed by atoms with E-state index in [-0.39, 0.29) is 24.0 Å². The molecule has 1 atom stereocenters. The van der Waals surface area contributed by atoms with Gasteiger partial charge in [0.1, 0.15) is 0 Å². The number of nitrogens with one attached hydrogen (secondary N) is 2. The first kappa shape index (κ1) is 21.7. The summed E-state index contributed by atoms with van der Waals surface area (Å²) < 4.78 is 5.40. The zero-order valence-corrected chi connectivity index (χ0v) is 17.3. The van der Waals surface area contributed by atoms with Crippen molar-refractivity contribution in [1.82, 2.24) is 15.5 Å². The Morgan fingerprint density at radius 3 is 2.80 bits per heavy atom. The fourth-order valence-electron chi connectivity index (χ4n) is 2.64. The van der Waals surface area contributed by atoms with Gasteiger partial charge in [0, 0.05) is 32.2 Å². The Morgan fingerprint density at radius 1 is 1.36 bits per heavy atom. The number of hydrogen-bond donors (Lipinski definition) is 2. The van der Waals surface area contributed by atoms with Crippen LogP contribution in [-0.4, -0.2) is 56.3 Å². The fraction of sp³-hybridized carbons (Fsp3) is 0.556. The zero-order chi connectivity index (χ0) is 17.2. The van der Waals surface area contributed by atoms with Gasteiger partial charge in [-0.3, -0.25) is 4.90 Å². The molecule has 0 saturated carbocycles. The van der Waals surface area contributed by atoms with E-state index in [1.807, 2.05) is 18.2 Å². The molecule has 1 unspecified atom stereocenters. The summed E-state index contributed by atoms with van der Waals surface area (Å²) in [5.41, 5.74) is 1.70. The summed E-state index contributed by atoms with van der Waals surface area (Å²) >= 11 is 0. The highest BCUT2D eigenvalue weighted by molar-refractivity contribution is 14.0. The molecule has 6 nitrogen and oxygen atoms in total. The number of ether oxygens (including phenoxy) is 1. The van der Waals surface area contributed by atoms with E-state index in [2.05, 4.69) is 40.4 Å². The fourth-order valence-corrected chi connectivity index (χ4v) is 2.64. The second-order valence-corrected chi connectivity index (χ2v) is 5.89. The van der Waals surface area contributed by atoms with Crippen molar-refractivity contribution < 1.29 is 4.74 Å². The van der Waals surface area contributed by atoms with E-state index in [1.165, 1.54) is 0 Å². The van der Waals surface area contributed by atoms with E-state index >= 15 is 0 Å². The van der Waals surface area contributed by atoms with Gasteiger partial charge in [0.25, 0.3) is 0 Å². The smallest absolute Gasteiger partial charge is 0.191 e. The van der Waals surface area contributed by atoms with Crippen molar-refractivity contribution in [2.24, 2.45) is 4.99 Å². The maximum Gasteiger partial charge on any atom is 0.191 e. The monoisotopic (exact) mass is 457 g/mol. The minimum atomic E-state index is 0. The minimum Gasteiger partial charge on any atom is -0.379 e. The van der Waals surface area contributed by atoms with Gasteiger partial charge in [-0.1, -0.05) is 12.1 Å². The molecule has 2 rings (SSSR count). The number of nitriles is 1. The van der Waals surface area contributed by atoms with E-state index in [9.17, 15) is 0 Å². The molecule has 1 aliphatic rings. The molecular weight excluding hydrogens is 429 g/mol. The lowest BCUT2D eigenvalue weighted by Gasteiger charge is -2.32. The molecule has 25 heavy (non-hydrogen) atoms. The first-order valence-corrected chi connectivity index (χ1v) is 8.56. The molecule has 0 spiro atoms. The van der Waals surface area contributed by atoms with Crippen LogP contribution in [0.25, 0.3) is 0 Å². The van der Waals surface area contributed by atoms with Crippen LogP contribution >= 0.6 is 24.0 Å². The molecular formula is C18H28IN5O. The Balaban J connectivity index is 0.00000312. The molecule has 1 aliphatic heterocycles. The average molecular weight is 457 g/mol. The molecule has 0 aliphatic carbocycles. The van der Waals surface area contributed by atoms with Crippen molar-refractivity contribution in [2.75, 3.05) is 39.4 Å². The first-order chi connectivity index (χ1) is 11.7. The number of guanidine groups is 1. The number of nitrogens with zero attached hydrogens (tertiary/aromatic N) is 3. The third-order valence-electron chi connectivity index (χ3n) is 4.05. The molecule has 7 heteroatoms. The highest BCUT2D eigenvalue weighted by Crippen LogP contribution is 2.06. The van der Waals surface area contributed by atoms with Crippen molar-refractivity contribution in [2.45, 2.75) is 26.4 Å². The quantitative estimate of drug-likeness (QED) is 0.388. The normalized spacial score (nSPS) is 16.4. The molecule has 0 radical (unpaired) electrons. The van der Waals surface area contributed by atoms with Gasteiger partial charge in [0.05, 0.1) is 31.4 Å². The van der Waals surface area contributed by atoms with E-state index in [4.69, 9.17) is 10.00 Å². The third kappa shape index (κ3) is 7.59. The second kappa shape index (κ2) is 12.1. The summed E-state index contributed by atoms with van der Waals surface area (Å²) in [4.78, 5) is 7.05. The molecule has 1 aromatic carbocycles. The number of halogens is 1. The van der Waals surface area contributed by atoms with Crippen LogP contribution in [-0.2, 0) is 11.3 Å². The molecule has 2 N–H and O–H groups in total. The van der Waals surface area contributed by atoms with Gasteiger partial charge in [0.2, 0.25) is 0 Å². The molecule has 1 heterocycles. The summed E-state index contributed by atoms with van der Waals surface area (Å²) in [6.07, 6.45) is 0. The summed E-state index contributed by atoms with van der Waals surface area (Å²) in [7, 11) is 0. The number of benzene rings is 1.